The van der Waals surface area contributed by atoms with Crippen LogP contribution < -0.4 is 0 Å². The van der Waals surface area contributed by atoms with Crippen molar-refractivity contribution in [3.8, 4) is 0 Å². The maximum Gasteiger partial charge on any atom is 0.450 e. The summed E-state index contributed by atoms with van der Waals surface area (Å²) in [5, 5.41) is 0. The summed E-state index contributed by atoms with van der Waals surface area (Å²) in [7, 11) is 1.36. The molecule has 12 heteroatoms. The molecule has 4 aliphatic carbocycles. The van der Waals surface area contributed by atoms with Gasteiger partial charge in [-0.05, 0) is 77.0 Å². The molecule has 1 saturated heterocycles. The Kier molecular flexibility index (Phi) is 7.99. The smallest absolute Gasteiger partial charge is 0.450 e. The van der Waals surface area contributed by atoms with Gasteiger partial charge in [0, 0.05) is 18.1 Å². The number of methoxy groups -OCH3 is 1. The highest BCUT2D eigenvalue weighted by molar-refractivity contribution is 5.86. The zero-order valence-electron chi connectivity index (χ0n) is 22.2. The first-order chi connectivity index (χ1) is 17.6. The molecular formula is C26H37F5O7. The third kappa shape index (κ3) is 5.00. The maximum atomic E-state index is 16.2. The lowest BCUT2D eigenvalue weighted by Crippen LogP contribution is -2.78. The third-order valence-corrected chi connectivity index (χ3v) is 8.48. The molecule has 0 spiro atoms. The molecule has 0 aromatic carbocycles. The Balaban J connectivity index is 1.75. The van der Waals surface area contributed by atoms with Crippen molar-refractivity contribution in [1.82, 2.24) is 0 Å². The Morgan fingerprint density at radius 3 is 2.08 bits per heavy atom. The normalized spacial score (nSPS) is 40.7. The molecule has 5 aliphatic rings. The molecule has 5 rings (SSSR count). The number of halogens is 5. The minimum atomic E-state index is -5.71. The van der Waals surface area contributed by atoms with Crippen molar-refractivity contribution in [3.05, 3.63) is 12.2 Å². The van der Waals surface area contributed by atoms with Crippen LogP contribution in [0.1, 0.15) is 59.3 Å². The van der Waals surface area contributed by atoms with Crippen molar-refractivity contribution in [2.75, 3.05) is 26.9 Å². The second-order valence-electron chi connectivity index (χ2n) is 11.7. The average molecular weight is 557 g/mol. The van der Waals surface area contributed by atoms with Crippen LogP contribution in [0.3, 0.4) is 0 Å². The first kappa shape index (κ1) is 29.6. The summed E-state index contributed by atoms with van der Waals surface area (Å²) < 4.78 is 108. The molecule has 0 N–H and O–H groups in total. The predicted octanol–water partition coefficient (Wildman–Crippen LogP) is 5.37. The molecule has 4 bridgehead atoms. The van der Waals surface area contributed by atoms with E-state index in [-0.39, 0.29) is 36.5 Å². The van der Waals surface area contributed by atoms with Crippen LogP contribution in [0.4, 0.5) is 22.0 Å². The SMILES string of the molecule is C=C(C)C(=O)OCC1(C)OC(C23CC4CC(CC(C4)C2)C3)OC(OC(C)OCCOC)(C(F)(F)F)C1(F)F. The Morgan fingerprint density at radius 2 is 1.61 bits per heavy atom. The van der Waals surface area contributed by atoms with Gasteiger partial charge in [-0.1, -0.05) is 6.58 Å². The number of ether oxygens (including phenoxy) is 6. The zero-order valence-corrected chi connectivity index (χ0v) is 22.2. The summed E-state index contributed by atoms with van der Waals surface area (Å²) >= 11 is 0. The second-order valence-corrected chi connectivity index (χ2v) is 11.7. The van der Waals surface area contributed by atoms with Gasteiger partial charge in [0.1, 0.15) is 6.61 Å². The van der Waals surface area contributed by atoms with Crippen LogP contribution in [0.2, 0.25) is 0 Å². The molecule has 4 atom stereocenters. The van der Waals surface area contributed by atoms with E-state index >= 15 is 8.78 Å². The molecule has 0 aromatic rings. The van der Waals surface area contributed by atoms with E-state index in [1.165, 1.54) is 14.0 Å². The first-order valence-corrected chi connectivity index (χ1v) is 13.0. The van der Waals surface area contributed by atoms with Crippen molar-refractivity contribution in [1.29, 1.82) is 0 Å². The molecule has 38 heavy (non-hydrogen) atoms. The standard InChI is InChI=1S/C26H37F5O7/c1-15(2)20(32)35-14-22(4)24(27,28)25(26(29,30)31,36-16(3)34-7-6-33-5)38-21(37-22)23-11-17-8-18(12-23)10-19(9-17)13-23/h16-19,21H,1,6-14H2,2-5H3. The van der Waals surface area contributed by atoms with Gasteiger partial charge in [-0.15, -0.1) is 0 Å². The number of carbonyl (C=O) groups excluding carboxylic acids is 1. The molecular weight excluding hydrogens is 519 g/mol. The third-order valence-electron chi connectivity index (χ3n) is 8.48. The van der Waals surface area contributed by atoms with Gasteiger partial charge in [-0.25, -0.2) is 4.79 Å². The minimum absolute atomic E-state index is 0.0115. The summed E-state index contributed by atoms with van der Waals surface area (Å²) in [6.45, 7) is 5.23. The average Bonchev–Trinajstić information content (AvgIpc) is 2.79. The van der Waals surface area contributed by atoms with Crippen LogP contribution in [-0.4, -0.2) is 69.0 Å². The maximum absolute atomic E-state index is 16.2. The lowest BCUT2D eigenvalue weighted by Gasteiger charge is -2.63. The zero-order chi connectivity index (χ0) is 28.1. The van der Waals surface area contributed by atoms with E-state index < -0.39 is 54.1 Å². The van der Waals surface area contributed by atoms with E-state index in [9.17, 15) is 18.0 Å². The molecule has 0 aromatic heterocycles. The van der Waals surface area contributed by atoms with Gasteiger partial charge in [0.2, 0.25) is 0 Å². The number of hydrogen-bond donors (Lipinski definition) is 0. The van der Waals surface area contributed by atoms with Crippen LogP contribution in [0.25, 0.3) is 0 Å². The predicted molar refractivity (Wildman–Crippen MR) is 123 cm³/mol. The van der Waals surface area contributed by atoms with Crippen LogP contribution in [0, 0.1) is 23.2 Å². The molecule has 7 nitrogen and oxygen atoms in total. The molecule has 218 valence electrons. The van der Waals surface area contributed by atoms with E-state index in [1.54, 1.807) is 0 Å². The highest BCUT2D eigenvalue weighted by Gasteiger charge is 2.84. The van der Waals surface area contributed by atoms with E-state index in [0.717, 1.165) is 33.1 Å². The largest absolute Gasteiger partial charge is 0.459 e. The van der Waals surface area contributed by atoms with Gasteiger partial charge in [-0.2, -0.15) is 22.0 Å². The van der Waals surface area contributed by atoms with Crippen LogP contribution in [-0.2, 0) is 33.2 Å². The summed E-state index contributed by atoms with van der Waals surface area (Å²) in [6.07, 6.45) is -4.73. The van der Waals surface area contributed by atoms with Crippen molar-refractivity contribution >= 4 is 5.97 Å². The van der Waals surface area contributed by atoms with Crippen LogP contribution in [0.15, 0.2) is 12.2 Å². The van der Waals surface area contributed by atoms with E-state index in [4.69, 9.17) is 28.4 Å². The highest BCUT2D eigenvalue weighted by atomic mass is 19.4. The van der Waals surface area contributed by atoms with Gasteiger partial charge >= 0.3 is 23.9 Å². The quantitative estimate of drug-likeness (QED) is 0.118. The molecule has 1 aliphatic heterocycles. The molecule has 0 radical (unpaired) electrons. The van der Waals surface area contributed by atoms with Crippen LogP contribution in [0.5, 0.6) is 0 Å². The summed E-state index contributed by atoms with van der Waals surface area (Å²) in [5.41, 5.74) is -3.93. The van der Waals surface area contributed by atoms with Gasteiger partial charge in [0.25, 0.3) is 0 Å². The number of rotatable bonds is 10. The first-order valence-electron chi connectivity index (χ1n) is 13.0. The van der Waals surface area contributed by atoms with Crippen molar-refractivity contribution in [3.63, 3.8) is 0 Å². The monoisotopic (exact) mass is 556 g/mol. The van der Waals surface area contributed by atoms with E-state index in [0.29, 0.717) is 19.3 Å². The molecule has 1 heterocycles. The van der Waals surface area contributed by atoms with Gasteiger partial charge in [0.15, 0.2) is 18.2 Å². The highest BCUT2D eigenvalue weighted by Crippen LogP contribution is 2.66. The number of alkyl halides is 5. The molecule has 4 saturated carbocycles. The Bertz CT molecular complexity index is 874. The topological polar surface area (TPSA) is 72.5 Å². The molecule has 5 fully saturated rings. The molecule has 4 unspecified atom stereocenters. The minimum Gasteiger partial charge on any atom is -0.459 e. The number of hydrogen-bond acceptors (Lipinski definition) is 7. The van der Waals surface area contributed by atoms with Gasteiger partial charge in [-0.3, -0.25) is 0 Å². The fourth-order valence-corrected chi connectivity index (χ4v) is 7.05. The lowest BCUT2D eigenvalue weighted by atomic mass is 9.49. The van der Waals surface area contributed by atoms with Gasteiger partial charge < -0.3 is 28.4 Å². The van der Waals surface area contributed by atoms with E-state index in [1.807, 2.05) is 0 Å². The number of carbonyl (C=O) groups is 1. The van der Waals surface area contributed by atoms with Crippen molar-refractivity contribution in [2.24, 2.45) is 23.2 Å². The Morgan fingerprint density at radius 1 is 1.05 bits per heavy atom. The lowest BCUT2D eigenvalue weighted by molar-refractivity contribution is -0.553. The molecule has 0 amide bonds. The van der Waals surface area contributed by atoms with Crippen molar-refractivity contribution < 1.29 is 55.2 Å². The van der Waals surface area contributed by atoms with Gasteiger partial charge in [0.05, 0.1) is 13.2 Å². The van der Waals surface area contributed by atoms with Crippen LogP contribution >= 0.6 is 0 Å². The second kappa shape index (κ2) is 10.2. The summed E-state index contributed by atoms with van der Waals surface area (Å²) in [4.78, 5) is 12.1. The fourth-order valence-electron chi connectivity index (χ4n) is 7.05. The van der Waals surface area contributed by atoms with E-state index in [2.05, 4.69) is 6.58 Å². The Hall–Kier alpha value is -1.34. The summed E-state index contributed by atoms with van der Waals surface area (Å²) in [5.74, 6) is -9.52. The summed E-state index contributed by atoms with van der Waals surface area (Å²) in [6, 6.07) is 0. The number of esters is 1. The van der Waals surface area contributed by atoms with Crippen molar-refractivity contribution in [2.45, 2.75) is 95.4 Å². The fraction of sp³-hybridized carbons (Fsp3) is 0.885. The Labute approximate surface area is 219 Å².